The zero-order valence-electron chi connectivity index (χ0n) is 12.0. The maximum atomic E-state index is 6.07. The van der Waals surface area contributed by atoms with Gasteiger partial charge >= 0.3 is 0 Å². The van der Waals surface area contributed by atoms with Crippen molar-refractivity contribution >= 4 is 11.3 Å². The van der Waals surface area contributed by atoms with Gasteiger partial charge in [-0.15, -0.1) is 11.3 Å². The summed E-state index contributed by atoms with van der Waals surface area (Å²) in [5.41, 5.74) is 7.69. The number of nitrogens with zero attached hydrogens (tertiary/aromatic N) is 1. The molecule has 1 fully saturated rings. The third-order valence-electron chi connectivity index (χ3n) is 5.14. The summed E-state index contributed by atoms with van der Waals surface area (Å²) in [5.74, 6) is 0.898. The molecule has 1 aliphatic carbocycles. The minimum atomic E-state index is 0.606. The summed E-state index contributed by atoms with van der Waals surface area (Å²) < 4.78 is 0. The summed E-state index contributed by atoms with van der Waals surface area (Å²) in [6.07, 6.45) is 7.97. The molecule has 19 heavy (non-hydrogen) atoms. The van der Waals surface area contributed by atoms with Crippen LogP contribution in [0.2, 0.25) is 0 Å². The van der Waals surface area contributed by atoms with Crippen molar-refractivity contribution in [3.63, 3.8) is 0 Å². The standard InChI is InChI=1S/C16H26N2S/c1-2-12-6-8-18(13(10-12)11-17)15-4-3-5-16-14(15)7-9-19-16/h7,9,12-13,15H,2-6,8,10-11,17H2,1H3. The quantitative estimate of drug-likeness (QED) is 0.916. The second-order valence-corrected chi connectivity index (χ2v) is 7.13. The zero-order valence-corrected chi connectivity index (χ0v) is 12.8. The smallest absolute Gasteiger partial charge is 0.0362 e. The Morgan fingerprint density at radius 1 is 1.42 bits per heavy atom. The van der Waals surface area contributed by atoms with Crippen LogP contribution < -0.4 is 5.73 Å². The molecule has 3 atom stereocenters. The summed E-state index contributed by atoms with van der Waals surface area (Å²) in [4.78, 5) is 4.36. The Morgan fingerprint density at radius 2 is 2.32 bits per heavy atom. The highest BCUT2D eigenvalue weighted by molar-refractivity contribution is 7.10. The van der Waals surface area contributed by atoms with Crippen LogP contribution in [0.3, 0.4) is 0 Å². The predicted molar refractivity (Wildman–Crippen MR) is 82.6 cm³/mol. The van der Waals surface area contributed by atoms with Gasteiger partial charge in [0.1, 0.15) is 0 Å². The van der Waals surface area contributed by atoms with Crippen molar-refractivity contribution in [1.82, 2.24) is 4.90 Å². The van der Waals surface area contributed by atoms with E-state index in [9.17, 15) is 0 Å². The minimum absolute atomic E-state index is 0.606. The van der Waals surface area contributed by atoms with E-state index in [4.69, 9.17) is 5.73 Å². The molecule has 0 amide bonds. The van der Waals surface area contributed by atoms with Crippen molar-refractivity contribution in [3.05, 3.63) is 21.9 Å². The van der Waals surface area contributed by atoms with Gasteiger partial charge in [-0.1, -0.05) is 13.3 Å². The van der Waals surface area contributed by atoms with Crippen LogP contribution in [-0.4, -0.2) is 24.0 Å². The summed E-state index contributed by atoms with van der Waals surface area (Å²) >= 11 is 1.95. The van der Waals surface area contributed by atoms with E-state index in [0.717, 1.165) is 12.5 Å². The van der Waals surface area contributed by atoms with Gasteiger partial charge in [0.15, 0.2) is 0 Å². The van der Waals surface area contributed by atoms with E-state index in [0.29, 0.717) is 12.1 Å². The second-order valence-electron chi connectivity index (χ2n) is 6.13. The molecule has 1 aromatic rings. The van der Waals surface area contributed by atoms with E-state index in [-0.39, 0.29) is 0 Å². The molecular weight excluding hydrogens is 252 g/mol. The van der Waals surface area contributed by atoms with Gasteiger partial charge < -0.3 is 5.73 Å². The molecule has 1 aromatic heterocycles. The summed E-state index contributed by atoms with van der Waals surface area (Å²) in [6, 6.07) is 3.62. The van der Waals surface area contributed by atoms with Crippen LogP contribution in [0.4, 0.5) is 0 Å². The van der Waals surface area contributed by atoms with Gasteiger partial charge in [-0.25, -0.2) is 0 Å². The molecule has 2 aliphatic rings. The summed E-state index contributed by atoms with van der Waals surface area (Å²) in [7, 11) is 0. The largest absolute Gasteiger partial charge is 0.329 e. The molecule has 2 N–H and O–H groups in total. The molecule has 3 heteroatoms. The molecule has 2 heterocycles. The molecule has 1 saturated heterocycles. The average Bonchev–Trinajstić information content (AvgIpc) is 2.95. The lowest BCUT2D eigenvalue weighted by atomic mass is 9.84. The number of thiophene rings is 1. The Kier molecular flexibility index (Phi) is 4.25. The molecule has 106 valence electrons. The molecule has 3 rings (SSSR count). The molecule has 0 saturated carbocycles. The highest BCUT2D eigenvalue weighted by Crippen LogP contribution is 2.40. The molecule has 2 nitrogen and oxygen atoms in total. The van der Waals surface area contributed by atoms with Gasteiger partial charge in [0.25, 0.3) is 0 Å². The van der Waals surface area contributed by atoms with Crippen molar-refractivity contribution in [2.75, 3.05) is 13.1 Å². The summed E-state index contributed by atoms with van der Waals surface area (Å²) in [5, 5.41) is 2.28. The number of likely N-dealkylation sites (tertiary alicyclic amines) is 1. The van der Waals surface area contributed by atoms with E-state index in [1.807, 2.05) is 11.3 Å². The topological polar surface area (TPSA) is 29.3 Å². The van der Waals surface area contributed by atoms with Crippen LogP contribution in [0.25, 0.3) is 0 Å². The molecule has 0 aromatic carbocycles. The number of hydrogen-bond donors (Lipinski definition) is 1. The second kappa shape index (κ2) is 5.94. The van der Waals surface area contributed by atoms with Gasteiger partial charge in [-0.05, 0) is 61.6 Å². The fraction of sp³-hybridized carbons (Fsp3) is 0.750. The van der Waals surface area contributed by atoms with E-state index < -0.39 is 0 Å². The molecule has 3 unspecified atom stereocenters. The Hall–Kier alpha value is -0.380. The highest BCUT2D eigenvalue weighted by atomic mass is 32.1. The van der Waals surface area contributed by atoms with Gasteiger partial charge in [0.05, 0.1) is 0 Å². The Morgan fingerprint density at radius 3 is 3.11 bits per heavy atom. The zero-order chi connectivity index (χ0) is 13.2. The van der Waals surface area contributed by atoms with Crippen LogP contribution in [-0.2, 0) is 6.42 Å². The van der Waals surface area contributed by atoms with Crippen molar-refractivity contribution in [1.29, 1.82) is 0 Å². The Balaban J connectivity index is 1.79. The number of aryl methyl sites for hydroxylation is 1. The summed E-state index contributed by atoms with van der Waals surface area (Å²) in [6.45, 7) is 4.40. The minimum Gasteiger partial charge on any atom is -0.329 e. The molecule has 0 bridgehead atoms. The third-order valence-corrected chi connectivity index (χ3v) is 6.14. The van der Waals surface area contributed by atoms with Gasteiger partial charge in [0.2, 0.25) is 0 Å². The van der Waals surface area contributed by atoms with Gasteiger partial charge in [-0.2, -0.15) is 0 Å². The SMILES string of the molecule is CCC1CCN(C2CCCc3sccc32)C(CN)C1. The van der Waals surface area contributed by atoms with Crippen molar-refractivity contribution in [3.8, 4) is 0 Å². The first kappa shape index (κ1) is 13.6. The average molecular weight is 278 g/mol. The highest BCUT2D eigenvalue weighted by Gasteiger charge is 2.34. The lowest BCUT2D eigenvalue weighted by Crippen LogP contribution is -2.48. The number of fused-ring (bicyclic) bond motifs is 1. The maximum Gasteiger partial charge on any atom is 0.0362 e. The Bertz CT molecular complexity index is 415. The number of rotatable bonds is 3. The monoisotopic (exact) mass is 278 g/mol. The van der Waals surface area contributed by atoms with Crippen molar-refractivity contribution in [2.24, 2.45) is 11.7 Å². The van der Waals surface area contributed by atoms with Crippen LogP contribution in [0, 0.1) is 5.92 Å². The first-order valence-corrected chi connectivity index (χ1v) is 8.73. The Labute approximate surface area is 121 Å². The molecule has 1 aliphatic heterocycles. The molecule has 0 spiro atoms. The van der Waals surface area contributed by atoms with E-state index >= 15 is 0 Å². The lowest BCUT2D eigenvalue weighted by molar-refractivity contribution is 0.0621. The fourth-order valence-corrected chi connectivity index (χ4v) is 4.95. The fourth-order valence-electron chi connectivity index (χ4n) is 3.97. The van der Waals surface area contributed by atoms with E-state index in [1.165, 1.54) is 45.1 Å². The number of piperidine rings is 1. The van der Waals surface area contributed by atoms with Gasteiger partial charge in [0, 0.05) is 23.5 Å². The first-order valence-electron chi connectivity index (χ1n) is 7.85. The lowest BCUT2D eigenvalue weighted by Gasteiger charge is -2.44. The number of nitrogens with two attached hydrogens (primary N) is 1. The van der Waals surface area contributed by atoms with E-state index in [2.05, 4.69) is 23.3 Å². The van der Waals surface area contributed by atoms with Crippen LogP contribution >= 0.6 is 11.3 Å². The van der Waals surface area contributed by atoms with Crippen LogP contribution in [0.1, 0.15) is 55.5 Å². The van der Waals surface area contributed by atoms with E-state index in [1.54, 1.807) is 10.4 Å². The predicted octanol–water partition coefficient (Wildman–Crippen LogP) is 3.57. The molecule has 0 radical (unpaired) electrons. The number of hydrogen-bond acceptors (Lipinski definition) is 3. The van der Waals surface area contributed by atoms with Crippen LogP contribution in [0.5, 0.6) is 0 Å². The van der Waals surface area contributed by atoms with Crippen LogP contribution in [0.15, 0.2) is 11.4 Å². The van der Waals surface area contributed by atoms with Gasteiger partial charge in [-0.3, -0.25) is 4.90 Å². The maximum absolute atomic E-state index is 6.07. The van der Waals surface area contributed by atoms with Crippen molar-refractivity contribution < 1.29 is 0 Å². The third kappa shape index (κ3) is 2.61. The first-order chi connectivity index (χ1) is 9.33. The molecular formula is C16H26N2S. The van der Waals surface area contributed by atoms with Crippen molar-refractivity contribution in [2.45, 2.75) is 57.5 Å². The normalized spacial score (nSPS) is 32.2.